The van der Waals surface area contributed by atoms with Gasteiger partial charge in [0.1, 0.15) is 0 Å². The molecule has 3 heteroatoms. The first-order chi connectivity index (χ1) is 9.11. The lowest BCUT2D eigenvalue weighted by Crippen LogP contribution is -2.47. The molecule has 0 radical (unpaired) electrons. The van der Waals surface area contributed by atoms with Gasteiger partial charge in [0.25, 0.3) is 0 Å². The lowest BCUT2D eigenvalue weighted by atomic mass is 9.90. The molecular formula is C16H25N3. The van der Waals surface area contributed by atoms with Crippen LogP contribution in [0, 0.1) is 0 Å². The van der Waals surface area contributed by atoms with E-state index in [-0.39, 0.29) is 5.54 Å². The third-order valence-corrected chi connectivity index (χ3v) is 3.98. The highest BCUT2D eigenvalue weighted by atomic mass is 15.3. The summed E-state index contributed by atoms with van der Waals surface area (Å²) in [5.74, 6) is 0.682. The molecule has 0 amide bonds. The Morgan fingerprint density at radius 1 is 1.21 bits per heavy atom. The van der Waals surface area contributed by atoms with Crippen LogP contribution in [0.3, 0.4) is 0 Å². The van der Waals surface area contributed by atoms with Gasteiger partial charge in [0.2, 0.25) is 0 Å². The van der Waals surface area contributed by atoms with Gasteiger partial charge >= 0.3 is 0 Å². The van der Waals surface area contributed by atoms with E-state index in [0.717, 1.165) is 25.9 Å². The number of rotatable bonds is 5. The van der Waals surface area contributed by atoms with Crippen LogP contribution in [0.5, 0.6) is 0 Å². The number of benzene rings is 1. The first kappa shape index (κ1) is 13.9. The molecule has 0 bridgehead atoms. The largest absolute Gasteiger partial charge is 0.370 e. The van der Waals surface area contributed by atoms with Crippen LogP contribution in [0.25, 0.3) is 0 Å². The number of hydrogen-bond acceptors (Lipinski definition) is 3. The van der Waals surface area contributed by atoms with Crippen molar-refractivity contribution in [2.75, 3.05) is 13.1 Å². The fourth-order valence-corrected chi connectivity index (χ4v) is 2.81. The van der Waals surface area contributed by atoms with Crippen molar-refractivity contribution in [3.8, 4) is 0 Å². The molecule has 19 heavy (non-hydrogen) atoms. The number of aryl methyl sites for hydroxylation is 1. The second kappa shape index (κ2) is 5.64. The van der Waals surface area contributed by atoms with Gasteiger partial charge < -0.3 is 10.6 Å². The smallest absolute Gasteiger partial charge is 0.192 e. The third kappa shape index (κ3) is 2.60. The maximum atomic E-state index is 6.03. The van der Waals surface area contributed by atoms with Gasteiger partial charge in [-0.3, -0.25) is 4.99 Å². The van der Waals surface area contributed by atoms with E-state index in [1.165, 1.54) is 17.5 Å². The van der Waals surface area contributed by atoms with Crippen molar-refractivity contribution in [1.82, 2.24) is 4.90 Å². The molecule has 104 valence electrons. The summed E-state index contributed by atoms with van der Waals surface area (Å²) >= 11 is 0. The molecule has 0 spiro atoms. The quantitative estimate of drug-likeness (QED) is 0.883. The van der Waals surface area contributed by atoms with Crippen LogP contribution in [0.15, 0.2) is 29.3 Å². The Morgan fingerprint density at radius 2 is 1.89 bits per heavy atom. The van der Waals surface area contributed by atoms with Gasteiger partial charge in [-0.15, -0.1) is 0 Å². The van der Waals surface area contributed by atoms with Gasteiger partial charge in [-0.1, -0.05) is 44.5 Å². The summed E-state index contributed by atoms with van der Waals surface area (Å²) in [4.78, 5) is 6.68. The Morgan fingerprint density at radius 3 is 2.47 bits per heavy atom. The molecule has 1 heterocycles. The SMILES string of the molecule is CCCc1ccc(C2(C)CN=C(N)N2CCC)cc1. The van der Waals surface area contributed by atoms with Crippen molar-refractivity contribution in [3.05, 3.63) is 35.4 Å². The topological polar surface area (TPSA) is 41.6 Å². The average molecular weight is 259 g/mol. The summed E-state index contributed by atoms with van der Waals surface area (Å²) in [7, 11) is 0. The molecular weight excluding hydrogens is 234 g/mol. The van der Waals surface area contributed by atoms with E-state index in [1.807, 2.05) is 0 Å². The first-order valence-corrected chi connectivity index (χ1v) is 7.28. The summed E-state index contributed by atoms with van der Waals surface area (Å²) in [6.07, 6.45) is 3.42. The minimum Gasteiger partial charge on any atom is -0.370 e. The van der Waals surface area contributed by atoms with Crippen molar-refractivity contribution in [2.45, 2.75) is 45.6 Å². The Kier molecular flexibility index (Phi) is 4.13. The summed E-state index contributed by atoms with van der Waals surface area (Å²) in [6.45, 7) is 8.34. The number of nitrogens with zero attached hydrogens (tertiary/aromatic N) is 2. The molecule has 0 saturated carbocycles. The van der Waals surface area contributed by atoms with Crippen LogP contribution in [-0.2, 0) is 12.0 Å². The van der Waals surface area contributed by atoms with Gasteiger partial charge in [0.15, 0.2) is 5.96 Å². The Hall–Kier alpha value is -1.51. The predicted octanol–water partition coefficient (Wildman–Crippen LogP) is 2.89. The molecule has 1 unspecified atom stereocenters. The van der Waals surface area contributed by atoms with Crippen LogP contribution in [0.4, 0.5) is 0 Å². The normalized spacial score (nSPS) is 22.7. The van der Waals surface area contributed by atoms with Gasteiger partial charge in [-0.25, -0.2) is 0 Å². The van der Waals surface area contributed by atoms with Crippen molar-refractivity contribution < 1.29 is 0 Å². The third-order valence-electron chi connectivity index (χ3n) is 3.98. The standard InChI is InChI=1S/C16H25N3/c1-4-6-13-7-9-14(10-8-13)16(3)12-18-15(17)19(16)11-5-2/h7-10H,4-6,11-12H2,1-3H3,(H2,17,18). The van der Waals surface area contributed by atoms with Crippen LogP contribution in [0.1, 0.15) is 44.7 Å². The summed E-state index contributed by atoms with van der Waals surface area (Å²) in [6, 6.07) is 8.95. The van der Waals surface area contributed by atoms with Crippen molar-refractivity contribution >= 4 is 5.96 Å². The minimum absolute atomic E-state index is 0.0785. The highest BCUT2D eigenvalue weighted by Gasteiger charge is 2.38. The van der Waals surface area contributed by atoms with Crippen LogP contribution in [-0.4, -0.2) is 23.9 Å². The molecule has 0 fully saturated rings. The molecule has 2 N–H and O–H groups in total. The Labute approximate surface area is 116 Å². The molecule has 1 aromatic rings. The van der Waals surface area contributed by atoms with Crippen LogP contribution >= 0.6 is 0 Å². The predicted molar refractivity (Wildman–Crippen MR) is 81.3 cm³/mol. The van der Waals surface area contributed by atoms with E-state index in [2.05, 4.69) is 54.9 Å². The molecule has 0 aromatic heterocycles. The number of hydrogen-bond donors (Lipinski definition) is 1. The first-order valence-electron chi connectivity index (χ1n) is 7.28. The molecule has 0 aliphatic carbocycles. The molecule has 2 rings (SSSR count). The van der Waals surface area contributed by atoms with E-state index in [4.69, 9.17) is 5.73 Å². The Balaban J connectivity index is 2.24. The molecule has 1 aromatic carbocycles. The monoisotopic (exact) mass is 259 g/mol. The van der Waals surface area contributed by atoms with E-state index in [0.29, 0.717) is 5.96 Å². The zero-order valence-corrected chi connectivity index (χ0v) is 12.3. The number of aliphatic imine (C=N–C) groups is 1. The zero-order valence-electron chi connectivity index (χ0n) is 12.3. The average Bonchev–Trinajstić information content (AvgIpc) is 2.70. The highest BCUT2D eigenvalue weighted by molar-refractivity contribution is 5.81. The van der Waals surface area contributed by atoms with E-state index < -0.39 is 0 Å². The maximum absolute atomic E-state index is 6.03. The minimum atomic E-state index is -0.0785. The fourth-order valence-electron chi connectivity index (χ4n) is 2.81. The van der Waals surface area contributed by atoms with E-state index in [9.17, 15) is 0 Å². The van der Waals surface area contributed by atoms with Crippen LogP contribution < -0.4 is 5.73 Å². The van der Waals surface area contributed by atoms with Gasteiger partial charge in [-0.2, -0.15) is 0 Å². The van der Waals surface area contributed by atoms with Crippen molar-refractivity contribution in [3.63, 3.8) is 0 Å². The number of guanidine groups is 1. The lowest BCUT2D eigenvalue weighted by Gasteiger charge is -2.36. The Bertz CT molecular complexity index is 450. The van der Waals surface area contributed by atoms with Crippen molar-refractivity contribution in [1.29, 1.82) is 0 Å². The second-order valence-electron chi connectivity index (χ2n) is 5.55. The molecule has 1 atom stereocenters. The summed E-state index contributed by atoms with van der Waals surface area (Å²) in [5.41, 5.74) is 8.67. The summed E-state index contributed by atoms with van der Waals surface area (Å²) < 4.78 is 0. The molecule has 3 nitrogen and oxygen atoms in total. The highest BCUT2D eigenvalue weighted by Crippen LogP contribution is 2.32. The fraction of sp³-hybridized carbons (Fsp3) is 0.562. The molecule has 0 saturated heterocycles. The summed E-state index contributed by atoms with van der Waals surface area (Å²) in [5, 5.41) is 0. The van der Waals surface area contributed by atoms with Crippen molar-refractivity contribution in [2.24, 2.45) is 10.7 Å². The second-order valence-corrected chi connectivity index (χ2v) is 5.55. The zero-order chi connectivity index (χ0) is 13.9. The van der Waals surface area contributed by atoms with Gasteiger partial charge in [0.05, 0.1) is 12.1 Å². The van der Waals surface area contributed by atoms with Gasteiger partial charge in [-0.05, 0) is 30.9 Å². The van der Waals surface area contributed by atoms with E-state index >= 15 is 0 Å². The maximum Gasteiger partial charge on any atom is 0.192 e. The van der Waals surface area contributed by atoms with Gasteiger partial charge in [0, 0.05) is 6.54 Å². The number of nitrogens with two attached hydrogens (primary N) is 1. The van der Waals surface area contributed by atoms with E-state index in [1.54, 1.807) is 0 Å². The lowest BCUT2D eigenvalue weighted by molar-refractivity contribution is 0.225. The molecule has 1 aliphatic heterocycles. The van der Waals surface area contributed by atoms with Crippen LogP contribution in [0.2, 0.25) is 0 Å². The molecule has 1 aliphatic rings.